The van der Waals surface area contributed by atoms with E-state index in [1.165, 1.54) is 0 Å². The van der Waals surface area contributed by atoms with Crippen molar-refractivity contribution in [2.75, 3.05) is 60.0 Å². The lowest BCUT2D eigenvalue weighted by molar-refractivity contribution is -0.123. The molecule has 0 saturated carbocycles. The van der Waals surface area contributed by atoms with Gasteiger partial charge >= 0.3 is 0 Å². The number of rotatable bonds is 7. The van der Waals surface area contributed by atoms with Crippen molar-refractivity contribution in [2.45, 2.75) is 12.5 Å². The highest BCUT2D eigenvalue weighted by Gasteiger charge is 2.14. The SMILES string of the molecule is COC(CN)CC(=O)NCCN1CCN(C)CC1. The average molecular weight is 258 g/mol. The molecule has 0 radical (unpaired) electrons. The Morgan fingerprint density at radius 2 is 2.06 bits per heavy atom. The number of nitrogens with one attached hydrogen (secondary N) is 1. The van der Waals surface area contributed by atoms with E-state index in [0.29, 0.717) is 19.5 Å². The molecule has 106 valence electrons. The van der Waals surface area contributed by atoms with E-state index in [4.69, 9.17) is 10.5 Å². The van der Waals surface area contributed by atoms with Crippen LogP contribution >= 0.6 is 0 Å². The molecule has 0 aliphatic carbocycles. The summed E-state index contributed by atoms with van der Waals surface area (Å²) in [5.41, 5.74) is 5.47. The Morgan fingerprint density at radius 1 is 1.39 bits per heavy atom. The van der Waals surface area contributed by atoms with E-state index in [2.05, 4.69) is 22.2 Å². The van der Waals surface area contributed by atoms with Crippen molar-refractivity contribution in [1.29, 1.82) is 0 Å². The van der Waals surface area contributed by atoms with Gasteiger partial charge in [0.2, 0.25) is 5.91 Å². The molecular formula is C12H26N4O2. The summed E-state index contributed by atoms with van der Waals surface area (Å²) >= 11 is 0. The van der Waals surface area contributed by atoms with Crippen LogP contribution in [0.15, 0.2) is 0 Å². The molecular weight excluding hydrogens is 232 g/mol. The van der Waals surface area contributed by atoms with Gasteiger partial charge in [0.25, 0.3) is 0 Å². The first-order chi connectivity index (χ1) is 8.65. The summed E-state index contributed by atoms with van der Waals surface area (Å²) in [6.45, 7) is 6.36. The van der Waals surface area contributed by atoms with Crippen LogP contribution in [0.4, 0.5) is 0 Å². The third-order valence-electron chi connectivity index (χ3n) is 3.36. The quantitative estimate of drug-likeness (QED) is 0.595. The van der Waals surface area contributed by atoms with Crippen LogP contribution in [0.5, 0.6) is 0 Å². The predicted octanol–water partition coefficient (Wildman–Crippen LogP) is -1.29. The fraction of sp³-hybridized carbons (Fsp3) is 0.917. The zero-order chi connectivity index (χ0) is 13.4. The van der Waals surface area contributed by atoms with Crippen molar-refractivity contribution in [3.05, 3.63) is 0 Å². The van der Waals surface area contributed by atoms with Crippen molar-refractivity contribution in [2.24, 2.45) is 5.73 Å². The molecule has 6 heteroatoms. The maximum absolute atomic E-state index is 11.6. The van der Waals surface area contributed by atoms with Crippen LogP contribution in [-0.2, 0) is 9.53 Å². The number of piperazine rings is 1. The van der Waals surface area contributed by atoms with Crippen molar-refractivity contribution >= 4 is 5.91 Å². The van der Waals surface area contributed by atoms with Crippen molar-refractivity contribution in [3.63, 3.8) is 0 Å². The fourth-order valence-corrected chi connectivity index (χ4v) is 1.97. The topological polar surface area (TPSA) is 70.8 Å². The molecule has 18 heavy (non-hydrogen) atoms. The number of methoxy groups -OCH3 is 1. The summed E-state index contributed by atoms with van der Waals surface area (Å²) in [5.74, 6) is 0.0152. The number of nitrogens with zero attached hydrogens (tertiary/aromatic N) is 2. The summed E-state index contributed by atoms with van der Waals surface area (Å²) < 4.78 is 5.08. The minimum atomic E-state index is -0.173. The number of hydrogen-bond acceptors (Lipinski definition) is 5. The number of ether oxygens (including phenoxy) is 1. The minimum Gasteiger partial charge on any atom is -0.380 e. The number of carbonyl (C=O) groups is 1. The molecule has 0 bridgehead atoms. The Balaban J connectivity index is 2.08. The van der Waals surface area contributed by atoms with Gasteiger partial charge in [-0.15, -0.1) is 0 Å². The first-order valence-corrected chi connectivity index (χ1v) is 6.56. The van der Waals surface area contributed by atoms with Gasteiger partial charge in [-0.25, -0.2) is 0 Å². The highest BCUT2D eigenvalue weighted by atomic mass is 16.5. The first kappa shape index (κ1) is 15.4. The zero-order valence-electron chi connectivity index (χ0n) is 11.5. The number of hydrogen-bond donors (Lipinski definition) is 2. The van der Waals surface area contributed by atoms with Crippen LogP contribution in [-0.4, -0.2) is 81.8 Å². The lowest BCUT2D eigenvalue weighted by Gasteiger charge is -2.32. The summed E-state index contributed by atoms with van der Waals surface area (Å²) in [6, 6.07) is 0. The molecule has 0 aromatic carbocycles. The zero-order valence-corrected chi connectivity index (χ0v) is 11.5. The molecule has 1 rings (SSSR count). The Hall–Kier alpha value is -0.690. The summed E-state index contributed by atoms with van der Waals surface area (Å²) in [6.07, 6.45) is 0.170. The largest absolute Gasteiger partial charge is 0.380 e. The van der Waals surface area contributed by atoms with Gasteiger partial charge in [-0.3, -0.25) is 9.69 Å². The van der Waals surface area contributed by atoms with Crippen LogP contribution in [0.3, 0.4) is 0 Å². The second-order valence-electron chi connectivity index (χ2n) is 4.79. The van der Waals surface area contributed by atoms with Crippen LogP contribution in [0.25, 0.3) is 0 Å². The number of nitrogens with two attached hydrogens (primary N) is 1. The molecule has 1 aliphatic heterocycles. The monoisotopic (exact) mass is 258 g/mol. The molecule has 1 amide bonds. The third kappa shape index (κ3) is 5.77. The van der Waals surface area contributed by atoms with Crippen LogP contribution in [0.2, 0.25) is 0 Å². The highest BCUT2D eigenvalue weighted by Crippen LogP contribution is 1.98. The fourth-order valence-electron chi connectivity index (χ4n) is 1.97. The summed E-state index contributed by atoms with van der Waals surface area (Å²) in [5, 5.41) is 2.91. The molecule has 3 N–H and O–H groups in total. The molecule has 1 heterocycles. The van der Waals surface area contributed by atoms with Crippen molar-refractivity contribution < 1.29 is 9.53 Å². The highest BCUT2D eigenvalue weighted by molar-refractivity contribution is 5.76. The van der Waals surface area contributed by atoms with E-state index in [9.17, 15) is 4.79 Å². The van der Waals surface area contributed by atoms with E-state index in [1.807, 2.05) is 0 Å². The van der Waals surface area contributed by atoms with Gasteiger partial charge in [-0.2, -0.15) is 0 Å². The summed E-state index contributed by atoms with van der Waals surface area (Å²) in [7, 11) is 3.71. The van der Waals surface area contributed by atoms with Crippen molar-refractivity contribution in [3.8, 4) is 0 Å². The smallest absolute Gasteiger partial charge is 0.222 e. The van der Waals surface area contributed by atoms with Gasteiger partial charge in [-0.05, 0) is 7.05 Å². The van der Waals surface area contributed by atoms with E-state index in [-0.39, 0.29) is 12.0 Å². The molecule has 1 atom stereocenters. The number of carbonyl (C=O) groups excluding carboxylic acids is 1. The van der Waals surface area contributed by atoms with Gasteiger partial charge in [0.15, 0.2) is 0 Å². The second-order valence-corrected chi connectivity index (χ2v) is 4.79. The minimum absolute atomic E-state index is 0.0152. The normalized spacial score (nSPS) is 19.7. The molecule has 6 nitrogen and oxygen atoms in total. The Kier molecular flexibility index (Phi) is 7.19. The van der Waals surface area contributed by atoms with Gasteiger partial charge < -0.3 is 20.7 Å². The Morgan fingerprint density at radius 3 is 2.61 bits per heavy atom. The average Bonchev–Trinajstić information content (AvgIpc) is 2.38. The third-order valence-corrected chi connectivity index (χ3v) is 3.36. The van der Waals surface area contributed by atoms with E-state index < -0.39 is 0 Å². The van der Waals surface area contributed by atoms with Crippen LogP contribution < -0.4 is 11.1 Å². The molecule has 0 aromatic rings. The van der Waals surface area contributed by atoms with E-state index in [0.717, 1.165) is 32.7 Å². The maximum Gasteiger partial charge on any atom is 0.222 e. The lowest BCUT2D eigenvalue weighted by Crippen LogP contribution is -2.47. The Labute approximate surface area is 109 Å². The maximum atomic E-state index is 11.6. The molecule has 1 aliphatic rings. The number of likely N-dealkylation sites (N-methyl/N-ethyl adjacent to an activating group) is 1. The molecule has 1 fully saturated rings. The number of amides is 1. The summed E-state index contributed by atoms with van der Waals surface area (Å²) in [4.78, 5) is 16.3. The van der Waals surface area contributed by atoms with Gasteiger partial charge in [0.05, 0.1) is 12.5 Å². The Bertz CT molecular complexity index is 238. The van der Waals surface area contributed by atoms with E-state index in [1.54, 1.807) is 7.11 Å². The van der Waals surface area contributed by atoms with Gasteiger partial charge in [-0.1, -0.05) is 0 Å². The first-order valence-electron chi connectivity index (χ1n) is 6.56. The van der Waals surface area contributed by atoms with Crippen LogP contribution in [0, 0.1) is 0 Å². The van der Waals surface area contributed by atoms with Crippen molar-refractivity contribution in [1.82, 2.24) is 15.1 Å². The van der Waals surface area contributed by atoms with E-state index >= 15 is 0 Å². The van der Waals surface area contributed by atoms with Crippen LogP contribution in [0.1, 0.15) is 6.42 Å². The molecule has 1 saturated heterocycles. The molecule has 0 spiro atoms. The second kappa shape index (κ2) is 8.42. The molecule has 0 aromatic heterocycles. The predicted molar refractivity (Wildman–Crippen MR) is 71.4 cm³/mol. The molecule has 1 unspecified atom stereocenters. The standard InChI is InChI=1S/C12H26N4O2/c1-15-5-7-16(8-6-15)4-3-14-12(17)9-11(10-13)18-2/h11H,3-10,13H2,1-2H3,(H,14,17). The lowest BCUT2D eigenvalue weighted by atomic mass is 10.2. The van der Waals surface area contributed by atoms with Gasteiger partial charge in [0.1, 0.15) is 0 Å². The van der Waals surface area contributed by atoms with Gasteiger partial charge in [0, 0.05) is 52.9 Å².